The molecular weight excluding hydrogens is 1020 g/mol. The molecule has 0 radical (unpaired) electrons. The monoisotopic (exact) mass is 1160 g/mol. The molecule has 0 aliphatic rings. The van der Waals surface area contributed by atoms with E-state index >= 15 is 0 Å². The van der Waals surface area contributed by atoms with E-state index in [1.165, 1.54) is 250 Å². The van der Waals surface area contributed by atoms with Gasteiger partial charge in [-0.15, -0.1) is 0 Å². The first-order valence-corrected chi connectivity index (χ1v) is 36.3. The van der Waals surface area contributed by atoms with E-state index in [2.05, 4.69) is 79.9 Å². The molecule has 2 N–H and O–H groups in total. The van der Waals surface area contributed by atoms with E-state index < -0.39 is 26.6 Å². The zero-order valence-electron chi connectivity index (χ0n) is 54.2. The summed E-state index contributed by atoms with van der Waals surface area (Å²) < 4.78 is 23.4. The summed E-state index contributed by atoms with van der Waals surface area (Å²) in [6, 6.07) is -0.915. The minimum atomic E-state index is -4.62. The molecule has 0 aliphatic carbocycles. The van der Waals surface area contributed by atoms with Crippen LogP contribution >= 0.6 is 7.82 Å². The zero-order chi connectivity index (χ0) is 59.1. The maximum absolute atomic E-state index is 13.0. The molecule has 8 nitrogen and oxygen atoms in total. The van der Waals surface area contributed by atoms with Crippen LogP contribution in [0, 0.1) is 0 Å². The lowest BCUT2D eigenvalue weighted by atomic mass is 10.0. The summed E-state index contributed by atoms with van der Waals surface area (Å²) in [5.41, 5.74) is 0. The number of nitrogens with one attached hydrogen (secondary N) is 1. The molecule has 0 heterocycles. The summed E-state index contributed by atoms with van der Waals surface area (Å²) in [4.78, 5) is 25.6. The van der Waals surface area contributed by atoms with Gasteiger partial charge in [-0.3, -0.25) is 9.36 Å². The zero-order valence-corrected chi connectivity index (χ0v) is 55.1. The van der Waals surface area contributed by atoms with Crippen molar-refractivity contribution in [1.82, 2.24) is 5.32 Å². The van der Waals surface area contributed by atoms with E-state index in [0.29, 0.717) is 17.4 Å². The fraction of sp³-hybridized carbons (Fsp3) is 0.819. The van der Waals surface area contributed by atoms with Crippen LogP contribution in [-0.2, 0) is 18.4 Å². The molecule has 0 aliphatic heterocycles. The topological polar surface area (TPSA) is 108 Å². The minimum absolute atomic E-state index is 0.0108. The van der Waals surface area contributed by atoms with E-state index in [1.807, 2.05) is 27.2 Å². The SMILES string of the molecule is CCCCCCC/C=C\C/C=C\C/C=C\CCCCCCCCCCCCCCCCC(=O)NC(COP(=O)([O-])OCC[N+](C)(C)C)C(O)/C=C/CC/C=C/CC/C=C/CCCCCCCCCCCCCCCCCCCCCC. The van der Waals surface area contributed by atoms with E-state index in [4.69, 9.17) is 9.05 Å². The Labute approximate surface area is 504 Å². The molecule has 0 saturated heterocycles. The largest absolute Gasteiger partial charge is 0.756 e. The van der Waals surface area contributed by atoms with Crippen LogP contribution in [0.25, 0.3) is 0 Å². The Morgan fingerprint density at radius 1 is 0.432 bits per heavy atom. The molecule has 0 aromatic carbocycles. The highest BCUT2D eigenvalue weighted by atomic mass is 31.2. The van der Waals surface area contributed by atoms with Crippen LogP contribution in [0.3, 0.4) is 0 Å². The molecule has 0 aromatic rings. The van der Waals surface area contributed by atoms with Crippen molar-refractivity contribution in [2.75, 3.05) is 40.9 Å². The first kappa shape index (κ1) is 78.9. The number of phosphoric acid groups is 1. The second kappa shape index (κ2) is 62.5. The Morgan fingerprint density at radius 3 is 1.09 bits per heavy atom. The van der Waals surface area contributed by atoms with Crippen molar-refractivity contribution in [3.05, 3.63) is 72.9 Å². The number of hydrogen-bond donors (Lipinski definition) is 2. The number of carbonyl (C=O) groups excluding carboxylic acids is 1. The Bertz CT molecular complexity index is 1550. The highest BCUT2D eigenvalue weighted by Gasteiger charge is 2.23. The molecule has 1 amide bonds. The van der Waals surface area contributed by atoms with Gasteiger partial charge in [0.1, 0.15) is 13.2 Å². The normalized spacial score (nSPS) is 14.1. The number of aliphatic hydroxyl groups excluding tert-OH is 1. The number of allylic oxidation sites excluding steroid dienone is 11. The average molecular weight is 1160 g/mol. The Balaban J connectivity index is 4.15. The average Bonchev–Trinajstić information content (AvgIpc) is 3.43. The molecule has 0 saturated carbocycles. The third-order valence-corrected chi connectivity index (χ3v) is 16.6. The van der Waals surface area contributed by atoms with Gasteiger partial charge in [-0.2, -0.15) is 0 Å². The predicted octanol–water partition coefficient (Wildman–Crippen LogP) is 21.5. The third-order valence-electron chi connectivity index (χ3n) is 15.6. The Kier molecular flexibility index (Phi) is 60.9. The molecule has 0 rings (SSSR count). The molecule has 474 valence electrons. The van der Waals surface area contributed by atoms with Gasteiger partial charge < -0.3 is 28.8 Å². The van der Waals surface area contributed by atoms with Gasteiger partial charge in [0.2, 0.25) is 5.91 Å². The highest BCUT2D eigenvalue weighted by Crippen LogP contribution is 2.38. The molecule has 0 bridgehead atoms. The quantitative estimate of drug-likeness (QED) is 0.0272. The summed E-state index contributed by atoms with van der Waals surface area (Å²) >= 11 is 0. The van der Waals surface area contributed by atoms with Gasteiger partial charge in [-0.05, 0) is 83.5 Å². The molecular formula is C72H135N2O6P. The lowest BCUT2D eigenvalue weighted by molar-refractivity contribution is -0.870. The first-order chi connectivity index (χ1) is 39.5. The number of aliphatic hydroxyl groups is 1. The van der Waals surface area contributed by atoms with Crippen LogP contribution in [-0.4, -0.2) is 68.5 Å². The molecule has 0 fully saturated rings. The van der Waals surface area contributed by atoms with Gasteiger partial charge in [0, 0.05) is 6.42 Å². The molecule has 0 aromatic heterocycles. The van der Waals surface area contributed by atoms with Crippen LogP contribution in [0.4, 0.5) is 0 Å². The second-order valence-corrected chi connectivity index (χ2v) is 26.3. The molecule has 3 atom stereocenters. The van der Waals surface area contributed by atoms with Gasteiger partial charge in [-0.25, -0.2) is 0 Å². The van der Waals surface area contributed by atoms with Crippen LogP contribution in [0.15, 0.2) is 72.9 Å². The summed E-state index contributed by atoms with van der Waals surface area (Å²) in [6.45, 7) is 4.64. The predicted molar refractivity (Wildman–Crippen MR) is 353 cm³/mol. The van der Waals surface area contributed by atoms with Crippen molar-refractivity contribution in [2.45, 2.75) is 341 Å². The maximum atomic E-state index is 13.0. The van der Waals surface area contributed by atoms with Crippen molar-refractivity contribution in [3.8, 4) is 0 Å². The van der Waals surface area contributed by atoms with Crippen LogP contribution in [0.1, 0.15) is 328 Å². The highest BCUT2D eigenvalue weighted by molar-refractivity contribution is 7.45. The molecule has 0 spiro atoms. The number of rotatable bonds is 64. The number of carbonyl (C=O) groups is 1. The van der Waals surface area contributed by atoms with Gasteiger partial charge in [-0.1, -0.05) is 311 Å². The number of quaternary nitrogens is 1. The standard InChI is InChI=1S/C72H135N2O6P/c1-6-8-10-12-14-16-18-20-22-24-26-28-30-32-34-36-38-39-41-43-45-47-49-51-53-55-57-59-61-63-65-71(75)70(69-80-81(77,78)79-68-67-74(3,4)5)73-72(76)66-64-62-60-58-56-54-52-50-48-46-44-42-40-37-35-33-31-29-27-25-23-21-19-17-15-13-11-9-7-2/h19,21,25,27,31,33,47,49,55,57,63,65,70-71,75H,6-18,20,22-24,26,28-30,32,34-46,48,50-54,56,58-62,64,66-69H2,1-5H3,(H-,73,76,77,78)/b21-19-,27-25-,33-31-,49-47+,57-55+,65-63+. The number of amides is 1. The molecule has 3 unspecified atom stereocenters. The van der Waals surface area contributed by atoms with Crippen molar-refractivity contribution in [3.63, 3.8) is 0 Å². The lowest BCUT2D eigenvalue weighted by Crippen LogP contribution is -2.45. The summed E-state index contributed by atoms with van der Waals surface area (Å²) in [5.74, 6) is -0.210. The fourth-order valence-electron chi connectivity index (χ4n) is 10.2. The number of likely N-dealkylation sites (N-methyl/N-ethyl adjacent to an activating group) is 1. The van der Waals surface area contributed by atoms with Gasteiger partial charge in [0.05, 0.1) is 39.9 Å². The first-order valence-electron chi connectivity index (χ1n) is 34.8. The summed E-state index contributed by atoms with van der Waals surface area (Å²) in [6.07, 6.45) is 87.4. The van der Waals surface area contributed by atoms with E-state index in [1.54, 1.807) is 6.08 Å². The number of nitrogens with zero attached hydrogens (tertiary/aromatic N) is 1. The Hall–Kier alpha value is -2.06. The maximum Gasteiger partial charge on any atom is 0.268 e. The fourth-order valence-corrected chi connectivity index (χ4v) is 10.9. The van der Waals surface area contributed by atoms with Crippen molar-refractivity contribution >= 4 is 13.7 Å². The summed E-state index contributed by atoms with van der Waals surface area (Å²) in [7, 11) is 1.24. The van der Waals surface area contributed by atoms with Crippen molar-refractivity contribution in [1.29, 1.82) is 0 Å². The van der Waals surface area contributed by atoms with Gasteiger partial charge in [0.15, 0.2) is 0 Å². The smallest absolute Gasteiger partial charge is 0.268 e. The van der Waals surface area contributed by atoms with Crippen molar-refractivity contribution < 1.29 is 32.9 Å². The number of phosphoric ester groups is 1. The van der Waals surface area contributed by atoms with E-state index in [9.17, 15) is 19.4 Å². The lowest BCUT2D eigenvalue weighted by Gasteiger charge is -2.29. The van der Waals surface area contributed by atoms with Gasteiger partial charge in [0.25, 0.3) is 7.82 Å². The summed E-state index contributed by atoms with van der Waals surface area (Å²) in [5, 5.41) is 13.9. The van der Waals surface area contributed by atoms with E-state index in [-0.39, 0.29) is 12.5 Å². The van der Waals surface area contributed by atoms with Gasteiger partial charge >= 0.3 is 0 Å². The Morgan fingerprint density at radius 2 is 0.728 bits per heavy atom. The molecule has 9 heteroatoms. The van der Waals surface area contributed by atoms with Crippen LogP contribution in [0.5, 0.6) is 0 Å². The van der Waals surface area contributed by atoms with Crippen LogP contribution in [0.2, 0.25) is 0 Å². The molecule has 81 heavy (non-hydrogen) atoms. The van der Waals surface area contributed by atoms with E-state index in [0.717, 1.165) is 57.8 Å². The number of unbranched alkanes of at least 4 members (excludes halogenated alkanes) is 41. The number of hydrogen-bond acceptors (Lipinski definition) is 6. The van der Waals surface area contributed by atoms with Crippen LogP contribution < -0.4 is 10.2 Å². The van der Waals surface area contributed by atoms with Crippen molar-refractivity contribution in [2.24, 2.45) is 0 Å². The second-order valence-electron chi connectivity index (χ2n) is 24.9. The minimum Gasteiger partial charge on any atom is -0.756 e. The third kappa shape index (κ3) is 65.3.